The van der Waals surface area contributed by atoms with Crippen LogP contribution in [0, 0.1) is 0 Å². The van der Waals surface area contributed by atoms with Gasteiger partial charge in [-0.2, -0.15) is 8.78 Å². The van der Waals surface area contributed by atoms with Crippen molar-refractivity contribution in [1.82, 2.24) is 0 Å². The van der Waals surface area contributed by atoms with Crippen molar-refractivity contribution in [3.8, 4) is 11.5 Å². The van der Waals surface area contributed by atoms with Crippen LogP contribution in [0.25, 0.3) is 0 Å². The number of phenols is 1. The zero-order chi connectivity index (χ0) is 14.6. The third-order valence-electron chi connectivity index (χ3n) is 2.49. The number of alkyl halides is 2. The number of hydrogen-bond acceptors (Lipinski definition) is 5. The molecule has 1 aromatic carbocycles. The van der Waals surface area contributed by atoms with Crippen molar-refractivity contribution in [3.05, 3.63) is 23.8 Å². The maximum atomic E-state index is 13.8. The molecule has 5 nitrogen and oxygen atoms in total. The van der Waals surface area contributed by atoms with Crippen LogP contribution in [0.3, 0.4) is 0 Å². The maximum Gasteiger partial charge on any atom is 0.379 e. The van der Waals surface area contributed by atoms with Gasteiger partial charge in [-0.3, -0.25) is 0 Å². The van der Waals surface area contributed by atoms with Crippen LogP contribution >= 0.6 is 12.4 Å². The molecule has 0 aliphatic rings. The molecule has 0 unspecified atom stereocenters. The molecule has 8 heteroatoms. The monoisotopic (exact) mass is 311 g/mol. The zero-order valence-electron chi connectivity index (χ0n) is 10.9. The number of aromatic hydroxyl groups is 1. The molecule has 1 rings (SSSR count). The molecule has 0 saturated carbocycles. The number of benzene rings is 1. The fraction of sp³-hybridized carbons (Fsp3) is 0.417. The van der Waals surface area contributed by atoms with Crippen molar-refractivity contribution < 1.29 is 28.2 Å². The molecule has 1 aromatic rings. The van der Waals surface area contributed by atoms with Crippen molar-refractivity contribution in [3.63, 3.8) is 0 Å². The molecule has 114 valence electrons. The van der Waals surface area contributed by atoms with E-state index in [4.69, 9.17) is 10.5 Å². The predicted molar refractivity (Wildman–Crippen MR) is 70.4 cm³/mol. The third-order valence-corrected chi connectivity index (χ3v) is 2.49. The van der Waals surface area contributed by atoms with E-state index in [0.717, 1.165) is 6.07 Å². The number of rotatable bonds is 5. The molecule has 0 bridgehead atoms. The van der Waals surface area contributed by atoms with Gasteiger partial charge in [-0.05, 0) is 19.1 Å². The predicted octanol–water partition coefficient (Wildman–Crippen LogP) is 2.02. The molecule has 3 N–H and O–H groups in total. The van der Waals surface area contributed by atoms with Gasteiger partial charge in [-0.15, -0.1) is 12.4 Å². The maximum absolute atomic E-state index is 13.8. The van der Waals surface area contributed by atoms with E-state index in [2.05, 4.69) is 4.74 Å². The summed E-state index contributed by atoms with van der Waals surface area (Å²) >= 11 is 0. The van der Waals surface area contributed by atoms with E-state index in [1.54, 1.807) is 0 Å². The summed E-state index contributed by atoms with van der Waals surface area (Å²) in [5, 5.41) is 9.25. The van der Waals surface area contributed by atoms with E-state index >= 15 is 0 Å². The van der Waals surface area contributed by atoms with E-state index in [1.807, 2.05) is 0 Å². The summed E-state index contributed by atoms with van der Waals surface area (Å²) in [6.07, 6.45) is 0. The Bertz CT molecular complexity index is 471. The summed E-state index contributed by atoms with van der Waals surface area (Å²) in [5.74, 6) is -5.78. The first kappa shape index (κ1) is 18.4. The number of esters is 1. The lowest BCUT2D eigenvalue weighted by Gasteiger charge is -2.23. The molecule has 1 atom stereocenters. The van der Waals surface area contributed by atoms with Crippen LogP contribution < -0.4 is 10.5 Å². The highest BCUT2D eigenvalue weighted by Crippen LogP contribution is 2.36. The summed E-state index contributed by atoms with van der Waals surface area (Å²) in [6.45, 7) is 1.24. The highest BCUT2D eigenvalue weighted by molar-refractivity contribution is 5.85. The van der Waals surface area contributed by atoms with Crippen molar-refractivity contribution in [1.29, 1.82) is 0 Å². The molecule has 0 saturated heterocycles. The van der Waals surface area contributed by atoms with E-state index in [1.165, 1.54) is 26.2 Å². The number of nitrogens with two attached hydrogens (primary N) is 1. The fourth-order valence-electron chi connectivity index (χ4n) is 1.51. The Morgan fingerprint density at radius 1 is 1.50 bits per heavy atom. The number of halogens is 3. The van der Waals surface area contributed by atoms with Crippen LogP contribution in [-0.2, 0) is 9.53 Å². The smallest absolute Gasteiger partial charge is 0.379 e. The molecular weight excluding hydrogens is 296 g/mol. The van der Waals surface area contributed by atoms with Gasteiger partial charge in [-0.25, -0.2) is 4.79 Å². The minimum Gasteiger partial charge on any atom is -0.508 e. The van der Waals surface area contributed by atoms with Gasteiger partial charge in [0, 0.05) is 11.6 Å². The van der Waals surface area contributed by atoms with Crippen LogP contribution in [-0.4, -0.2) is 30.7 Å². The summed E-state index contributed by atoms with van der Waals surface area (Å²) in [4.78, 5) is 11.2. The molecule has 0 radical (unpaired) electrons. The lowest BCUT2D eigenvalue weighted by molar-refractivity contribution is -0.174. The summed E-state index contributed by atoms with van der Waals surface area (Å²) < 4.78 is 36.7. The Balaban J connectivity index is 0.00000361. The van der Waals surface area contributed by atoms with Gasteiger partial charge in [0.2, 0.25) is 0 Å². The van der Waals surface area contributed by atoms with Crippen molar-refractivity contribution in [2.24, 2.45) is 5.73 Å². The topological polar surface area (TPSA) is 81.8 Å². The van der Waals surface area contributed by atoms with Crippen molar-refractivity contribution in [2.75, 3.05) is 13.7 Å². The summed E-state index contributed by atoms with van der Waals surface area (Å²) in [6, 6.07) is 1.56. The Morgan fingerprint density at radius 3 is 2.60 bits per heavy atom. The van der Waals surface area contributed by atoms with E-state index in [-0.39, 0.29) is 36.1 Å². The highest BCUT2D eigenvalue weighted by Gasteiger charge is 2.48. The fourth-order valence-corrected chi connectivity index (χ4v) is 1.51. The van der Waals surface area contributed by atoms with Crippen LogP contribution in [0.2, 0.25) is 0 Å². The largest absolute Gasteiger partial charge is 0.508 e. The first-order chi connectivity index (χ1) is 8.84. The van der Waals surface area contributed by atoms with Gasteiger partial charge >= 0.3 is 11.9 Å². The Hall–Kier alpha value is -1.60. The quantitative estimate of drug-likeness (QED) is 0.813. The Morgan fingerprint density at radius 2 is 2.10 bits per heavy atom. The van der Waals surface area contributed by atoms with Crippen LogP contribution in [0.4, 0.5) is 8.78 Å². The molecule has 0 heterocycles. The molecule has 0 fully saturated rings. The molecular formula is C12H16ClF2NO4. The summed E-state index contributed by atoms with van der Waals surface area (Å²) in [5.41, 5.74) is 5.32. The zero-order valence-corrected chi connectivity index (χ0v) is 11.7. The molecule has 0 aromatic heterocycles. The van der Waals surface area contributed by atoms with Gasteiger partial charge in [0.25, 0.3) is 0 Å². The minimum absolute atomic E-state index is 0. The van der Waals surface area contributed by atoms with Gasteiger partial charge in [-0.1, -0.05) is 0 Å². The second-order valence-corrected chi connectivity index (χ2v) is 3.75. The van der Waals surface area contributed by atoms with Crippen molar-refractivity contribution in [2.45, 2.75) is 18.9 Å². The lowest BCUT2D eigenvalue weighted by atomic mass is 10.00. The summed E-state index contributed by atoms with van der Waals surface area (Å²) in [7, 11) is 1.24. The SMILES string of the molecule is CCOC(=O)C(F)(F)[C@@H](N)c1ccc(O)cc1OC.Cl. The van der Waals surface area contributed by atoms with Gasteiger partial charge < -0.3 is 20.3 Å². The normalized spacial score (nSPS) is 12.2. The first-order valence-corrected chi connectivity index (χ1v) is 5.52. The molecule has 0 aliphatic heterocycles. The molecule has 20 heavy (non-hydrogen) atoms. The highest BCUT2D eigenvalue weighted by atomic mass is 35.5. The first-order valence-electron chi connectivity index (χ1n) is 5.52. The van der Waals surface area contributed by atoms with Crippen LogP contribution in [0.5, 0.6) is 11.5 Å². The molecule has 0 aliphatic carbocycles. The molecule has 0 spiro atoms. The molecule has 0 amide bonds. The van der Waals surface area contributed by atoms with Crippen LogP contribution in [0.1, 0.15) is 18.5 Å². The average molecular weight is 312 g/mol. The number of methoxy groups -OCH3 is 1. The number of carbonyl (C=O) groups is 1. The average Bonchev–Trinajstić information content (AvgIpc) is 2.37. The van der Waals surface area contributed by atoms with Crippen molar-refractivity contribution >= 4 is 18.4 Å². The second-order valence-electron chi connectivity index (χ2n) is 3.75. The minimum atomic E-state index is -3.89. The Kier molecular flexibility index (Phi) is 6.67. The van der Waals surface area contributed by atoms with Gasteiger partial charge in [0.05, 0.1) is 13.7 Å². The third kappa shape index (κ3) is 3.71. The Labute approximate surface area is 121 Å². The van der Waals surface area contributed by atoms with Crippen LogP contribution in [0.15, 0.2) is 18.2 Å². The van der Waals surface area contributed by atoms with E-state index in [0.29, 0.717) is 0 Å². The standard InChI is InChI=1S/C12H15F2NO4.ClH/c1-3-19-11(17)12(13,14)10(15)8-5-4-7(16)6-9(8)18-2;/h4-6,10,16H,3,15H2,1-2H3;1H/t10-;/m0./s1. The lowest BCUT2D eigenvalue weighted by Crippen LogP contribution is -2.41. The number of hydrogen-bond donors (Lipinski definition) is 2. The van der Waals surface area contributed by atoms with Gasteiger partial charge in [0.15, 0.2) is 0 Å². The number of ether oxygens (including phenoxy) is 2. The second kappa shape index (κ2) is 7.25. The van der Waals surface area contributed by atoms with E-state index < -0.39 is 17.9 Å². The number of carbonyl (C=O) groups excluding carboxylic acids is 1. The number of phenolic OH excluding ortho intramolecular Hbond substituents is 1. The van der Waals surface area contributed by atoms with Gasteiger partial charge in [0.1, 0.15) is 17.5 Å². The van der Waals surface area contributed by atoms with E-state index in [9.17, 15) is 18.7 Å².